The zero-order valence-corrected chi connectivity index (χ0v) is 12.5. The Morgan fingerprint density at radius 3 is 2.62 bits per heavy atom. The molecule has 21 heavy (non-hydrogen) atoms. The van der Waals surface area contributed by atoms with Crippen LogP contribution < -0.4 is 5.32 Å². The second kappa shape index (κ2) is 5.73. The monoisotopic (exact) mass is 304 g/mol. The van der Waals surface area contributed by atoms with Crippen molar-refractivity contribution in [2.45, 2.75) is 24.3 Å². The number of thiol groups is 1. The number of β-lactam (4-membered cyclic amide) rings is 1. The van der Waals surface area contributed by atoms with E-state index in [2.05, 4.69) is 24.5 Å². The number of imide groups is 1. The fourth-order valence-electron chi connectivity index (χ4n) is 2.29. The van der Waals surface area contributed by atoms with Gasteiger partial charge in [-0.15, -0.1) is 12.6 Å². The van der Waals surface area contributed by atoms with Crippen molar-refractivity contribution in [3.8, 4) is 0 Å². The van der Waals surface area contributed by atoms with Crippen molar-refractivity contribution in [1.29, 1.82) is 0 Å². The topological polar surface area (TPSA) is 66.5 Å². The molecule has 1 aromatic carbocycles. The molecule has 0 bridgehead atoms. The normalized spacial score (nSPS) is 24.2. The molecule has 3 amide bonds. The third-order valence-corrected chi connectivity index (χ3v) is 4.36. The fraction of sp³-hybridized carbons (Fsp3) is 0.267. The lowest BCUT2D eigenvalue weighted by Gasteiger charge is -2.52. The highest BCUT2D eigenvalue weighted by molar-refractivity contribution is 7.82. The fourth-order valence-corrected chi connectivity index (χ4v) is 2.61. The molecular weight excluding hydrogens is 288 g/mol. The Hall–Kier alpha value is -2.08. The first kappa shape index (κ1) is 15.3. The Labute approximate surface area is 128 Å². The molecule has 6 heteroatoms. The maximum Gasteiger partial charge on any atom is 0.256 e. The third-order valence-electron chi connectivity index (χ3n) is 3.50. The van der Waals surface area contributed by atoms with Crippen LogP contribution in [0.5, 0.6) is 0 Å². The van der Waals surface area contributed by atoms with Gasteiger partial charge in [0, 0.05) is 0 Å². The van der Waals surface area contributed by atoms with E-state index in [-0.39, 0.29) is 12.3 Å². The zero-order valence-electron chi connectivity index (χ0n) is 11.6. The molecule has 1 fully saturated rings. The SMILES string of the molecule is C=C(C)C1(S)C(NC(=O)Cc2ccccc2)C(=O)N1C=O. The second-order valence-corrected chi connectivity index (χ2v) is 5.66. The number of carbonyl (C=O) groups is 3. The first-order chi connectivity index (χ1) is 9.91. The van der Waals surface area contributed by atoms with Crippen LogP contribution >= 0.6 is 12.6 Å². The molecule has 0 aromatic heterocycles. The number of hydrogen-bond acceptors (Lipinski definition) is 4. The van der Waals surface area contributed by atoms with E-state index in [0.29, 0.717) is 12.0 Å². The van der Waals surface area contributed by atoms with E-state index >= 15 is 0 Å². The highest BCUT2D eigenvalue weighted by Crippen LogP contribution is 2.40. The van der Waals surface area contributed by atoms with Crippen LogP contribution in [0.2, 0.25) is 0 Å². The lowest BCUT2D eigenvalue weighted by molar-refractivity contribution is -0.158. The number of nitrogens with zero attached hydrogens (tertiary/aromatic N) is 1. The molecule has 0 radical (unpaired) electrons. The summed E-state index contributed by atoms with van der Waals surface area (Å²) in [5.74, 6) is -0.783. The summed E-state index contributed by atoms with van der Waals surface area (Å²) in [5.41, 5.74) is 1.36. The third kappa shape index (κ3) is 2.58. The molecule has 1 aliphatic heterocycles. The molecule has 0 saturated carbocycles. The standard InChI is InChI=1S/C15H16N2O3S/c1-10(2)15(21)13(14(20)17(15)9-18)16-12(19)8-11-6-4-3-5-7-11/h3-7,9,13,21H,1,8H2,2H3,(H,16,19). The highest BCUT2D eigenvalue weighted by Gasteiger charge is 2.59. The van der Waals surface area contributed by atoms with Gasteiger partial charge in [-0.25, -0.2) is 0 Å². The average Bonchev–Trinajstić information content (AvgIpc) is 2.46. The molecule has 1 N–H and O–H groups in total. The molecule has 2 atom stereocenters. The van der Waals surface area contributed by atoms with E-state index in [4.69, 9.17) is 0 Å². The van der Waals surface area contributed by atoms with Gasteiger partial charge in [0.15, 0.2) is 0 Å². The molecule has 1 aromatic rings. The van der Waals surface area contributed by atoms with E-state index in [1.165, 1.54) is 0 Å². The van der Waals surface area contributed by atoms with Crippen LogP contribution in [-0.4, -0.2) is 34.0 Å². The number of hydrogen-bond donors (Lipinski definition) is 2. The van der Waals surface area contributed by atoms with E-state index in [0.717, 1.165) is 10.5 Å². The van der Waals surface area contributed by atoms with Gasteiger partial charge in [-0.2, -0.15) is 0 Å². The molecule has 1 saturated heterocycles. The average molecular weight is 304 g/mol. The molecule has 0 spiro atoms. The number of likely N-dealkylation sites (tertiary alicyclic amines) is 1. The Bertz CT molecular complexity index is 602. The maximum atomic E-state index is 12.0. The summed E-state index contributed by atoms with van der Waals surface area (Å²) in [6, 6.07) is 8.31. The predicted molar refractivity (Wildman–Crippen MR) is 81.5 cm³/mol. The molecule has 110 valence electrons. The van der Waals surface area contributed by atoms with Gasteiger partial charge in [0.1, 0.15) is 10.9 Å². The first-order valence-electron chi connectivity index (χ1n) is 6.41. The Kier molecular flexibility index (Phi) is 4.18. The van der Waals surface area contributed by atoms with Crippen molar-refractivity contribution in [2.24, 2.45) is 0 Å². The maximum absolute atomic E-state index is 12.0. The van der Waals surface area contributed by atoms with E-state index in [9.17, 15) is 14.4 Å². The molecular formula is C15H16N2O3S. The number of rotatable bonds is 5. The van der Waals surface area contributed by atoms with Gasteiger partial charge in [0.25, 0.3) is 5.91 Å². The van der Waals surface area contributed by atoms with Crippen LogP contribution in [0, 0.1) is 0 Å². The molecule has 2 rings (SSSR count). The van der Waals surface area contributed by atoms with Crippen molar-refractivity contribution in [2.75, 3.05) is 0 Å². The molecule has 2 unspecified atom stereocenters. The number of benzene rings is 1. The Balaban J connectivity index is 2.08. The first-order valence-corrected chi connectivity index (χ1v) is 6.86. The summed E-state index contributed by atoms with van der Waals surface area (Å²) in [6.45, 7) is 5.40. The van der Waals surface area contributed by atoms with Crippen LogP contribution in [-0.2, 0) is 20.8 Å². The van der Waals surface area contributed by atoms with Crippen molar-refractivity contribution >= 4 is 30.9 Å². The predicted octanol–water partition coefficient (Wildman–Crippen LogP) is 0.915. The van der Waals surface area contributed by atoms with Gasteiger partial charge >= 0.3 is 0 Å². The molecule has 1 heterocycles. The molecule has 1 aliphatic rings. The minimum atomic E-state index is -1.16. The van der Waals surface area contributed by atoms with Gasteiger partial charge < -0.3 is 5.32 Å². The van der Waals surface area contributed by atoms with Gasteiger partial charge in [0.05, 0.1) is 6.42 Å². The van der Waals surface area contributed by atoms with Gasteiger partial charge in [-0.3, -0.25) is 19.3 Å². The smallest absolute Gasteiger partial charge is 0.256 e. The highest BCUT2D eigenvalue weighted by atomic mass is 32.1. The van der Waals surface area contributed by atoms with Gasteiger partial charge in [-0.05, 0) is 18.1 Å². The van der Waals surface area contributed by atoms with Crippen molar-refractivity contribution in [3.63, 3.8) is 0 Å². The number of amides is 3. The van der Waals surface area contributed by atoms with Crippen LogP contribution in [0.25, 0.3) is 0 Å². The summed E-state index contributed by atoms with van der Waals surface area (Å²) in [5, 5.41) is 2.62. The second-order valence-electron chi connectivity index (χ2n) is 4.98. The minimum absolute atomic E-state index is 0.158. The van der Waals surface area contributed by atoms with Gasteiger partial charge in [-0.1, -0.05) is 36.9 Å². The van der Waals surface area contributed by atoms with Crippen molar-refractivity contribution in [3.05, 3.63) is 48.0 Å². The minimum Gasteiger partial charge on any atom is -0.341 e. The van der Waals surface area contributed by atoms with E-state index in [1.807, 2.05) is 30.3 Å². The van der Waals surface area contributed by atoms with E-state index < -0.39 is 16.8 Å². The van der Waals surface area contributed by atoms with Crippen LogP contribution in [0.1, 0.15) is 12.5 Å². The summed E-state index contributed by atoms with van der Waals surface area (Å²) in [7, 11) is 0. The Morgan fingerprint density at radius 2 is 2.10 bits per heavy atom. The van der Waals surface area contributed by atoms with Gasteiger partial charge in [0.2, 0.25) is 12.3 Å². The molecule has 0 aliphatic carbocycles. The lowest BCUT2D eigenvalue weighted by Crippen LogP contribution is -2.76. The van der Waals surface area contributed by atoms with Crippen molar-refractivity contribution in [1.82, 2.24) is 10.2 Å². The number of nitrogens with one attached hydrogen (secondary N) is 1. The summed E-state index contributed by atoms with van der Waals surface area (Å²) in [6.07, 6.45) is 0.565. The van der Waals surface area contributed by atoms with Crippen molar-refractivity contribution < 1.29 is 14.4 Å². The quantitative estimate of drug-likeness (QED) is 0.368. The lowest BCUT2D eigenvalue weighted by atomic mass is 9.89. The summed E-state index contributed by atoms with van der Waals surface area (Å²) >= 11 is 4.36. The molecule has 5 nitrogen and oxygen atoms in total. The zero-order chi connectivity index (χ0) is 15.6. The summed E-state index contributed by atoms with van der Waals surface area (Å²) < 4.78 is 0. The van der Waals surface area contributed by atoms with Crippen LogP contribution in [0.15, 0.2) is 42.5 Å². The largest absolute Gasteiger partial charge is 0.341 e. The van der Waals surface area contributed by atoms with Crippen LogP contribution in [0.4, 0.5) is 0 Å². The van der Waals surface area contributed by atoms with Crippen LogP contribution in [0.3, 0.4) is 0 Å². The summed E-state index contributed by atoms with van der Waals surface area (Å²) in [4.78, 5) is 34.6. The van der Waals surface area contributed by atoms with E-state index in [1.54, 1.807) is 6.92 Å². The Morgan fingerprint density at radius 1 is 1.48 bits per heavy atom. The number of carbonyl (C=O) groups excluding carboxylic acids is 3.